The molecule has 0 aliphatic carbocycles. The number of aryl methyl sites for hydroxylation is 2. The number of hydrogen-bond acceptors (Lipinski definition) is 6. The van der Waals surface area contributed by atoms with Crippen LogP contribution in [0.1, 0.15) is 35.3 Å². The number of morpholine rings is 1. The Balaban J connectivity index is 1.57. The highest BCUT2D eigenvalue weighted by Gasteiger charge is 2.27. The van der Waals surface area contributed by atoms with Crippen molar-refractivity contribution in [1.82, 2.24) is 20.0 Å². The predicted octanol–water partition coefficient (Wildman–Crippen LogP) is 0.794. The molecule has 1 fully saturated rings. The fourth-order valence-electron chi connectivity index (χ4n) is 2.67. The lowest BCUT2D eigenvalue weighted by Crippen LogP contribution is -2.45. The van der Waals surface area contributed by atoms with E-state index < -0.39 is 0 Å². The monoisotopic (exact) mass is 332 g/mol. The van der Waals surface area contributed by atoms with E-state index in [-0.39, 0.29) is 23.3 Å². The Morgan fingerprint density at radius 3 is 3.04 bits per heavy atom. The van der Waals surface area contributed by atoms with Gasteiger partial charge in [-0.05, 0) is 19.3 Å². The summed E-state index contributed by atoms with van der Waals surface area (Å²) in [5.74, 6) is 0.105. The standard InChI is InChI=1S/C16H20N4O4/c1-2-11-7-14(24-19-11)16(22)20-5-6-23-13(9-20)4-3-12-8-15(21)18-10-17-12/h7-8,10,13H,2-6,9H2,1H3,(H,17,18,21). The van der Waals surface area contributed by atoms with E-state index in [1.807, 2.05) is 6.92 Å². The summed E-state index contributed by atoms with van der Waals surface area (Å²) in [6.07, 6.45) is 3.35. The molecule has 1 aliphatic heterocycles. The molecule has 1 N–H and O–H groups in total. The van der Waals surface area contributed by atoms with E-state index in [4.69, 9.17) is 9.26 Å². The van der Waals surface area contributed by atoms with Crippen LogP contribution in [0.2, 0.25) is 0 Å². The molecule has 3 rings (SSSR count). The number of nitrogens with zero attached hydrogens (tertiary/aromatic N) is 3. The molecular weight excluding hydrogens is 312 g/mol. The van der Waals surface area contributed by atoms with Crippen molar-refractivity contribution in [2.45, 2.75) is 32.3 Å². The predicted molar refractivity (Wildman–Crippen MR) is 84.7 cm³/mol. The molecule has 0 saturated carbocycles. The van der Waals surface area contributed by atoms with Gasteiger partial charge in [-0.3, -0.25) is 9.59 Å². The zero-order valence-corrected chi connectivity index (χ0v) is 13.5. The number of carbonyl (C=O) groups is 1. The molecule has 0 spiro atoms. The van der Waals surface area contributed by atoms with Gasteiger partial charge < -0.3 is 19.1 Å². The Morgan fingerprint density at radius 2 is 2.29 bits per heavy atom. The van der Waals surface area contributed by atoms with E-state index >= 15 is 0 Å². The van der Waals surface area contributed by atoms with Gasteiger partial charge in [0.05, 0.1) is 24.7 Å². The Bertz CT molecular complexity index is 754. The summed E-state index contributed by atoms with van der Waals surface area (Å²) in [6, 6.07) is 3.17. The minimum atomic E-state index is -0.168. The quantitative estimate of drug-likeness (QED) is 0.869. The van der Waals surface area contributed by atoms with Crippen LogP contribution in [-0.2, 0) is 17.6 Å². The third kappa shape index (κ3) is 3.88. The summed E-state index contributed by atoms with van der Waals surface area (Å²) < 4.78 is 10.8. The third-order valence-electron chi connectivity index (χ3n) is 4.02. The van der Waals surface area contributed by atoms with Crippen molar-refractivity contribution in [1.29, 1.82) is 0 Å². The van der Waals surface area contributed by atoms with E-state index in [0.717, 1.165) is 12.1 Å². The van der Waals surface area contributed by atoms with E-state index in [1.165, 1.54) is 12.4 Å². The highest BCUT2D eigenvalue weighted by molar-refractivity contribution is 5.91. The number of ether oxygens (including phenoxy) is 1. The van der Waals surface area contributed by atoms with Crippen molar-refractivity contribution in [3.63, 3.8) is 0 Å². The number of amides is 1. The van der Waals surface area contributed by atoms with Crippen LogP contribution in [0, 0.1) is 0 Å². The lowest BCUT2D eigenvalue weighted by atomic mass is 10.1. The summed E-state index contributed by atoms with van der Waals surface area (Å²) >= 11 is 0. The van der Waals surface area contributed by atoms with Gasteiger partial charge in [0.1, 0.15) is 0 Å². The van der Waals surface area contributed by atoms with Gasteiger partial charge in [-0.1, -0.05) is 12.1 Å². The number of carbonyl (C=O) groups excluding carboxylic acids is 1. The van der Waals surface area contributed by atoms with Gasteiger partial charge >= 0.3 is 0 Å². The van der Waals surface area contributed by atoms with E-state index in [9.17, 15) is 9.59 Å². The molecule has 0 radical (unpaired) electrons. The zero-order valence-electron chi connectivity index (χ0n) is 13.5. The molecule has 1 atom stereocenters. The molecule has 1 aliphatic rings. The highest BCUT2D eigenvalue weighted by Crippen LogP contribution is 2.15. The fraction of sp³-hybridized carbons (Fsp3) is 0.500. The topological polar surface area (TPSA) is 101 Å². The van der Waals surface area contributed by atoms with Crippen molar-refractivity contribution >= 4 is 5.91 Å². The average Bonchev–Trinajstić information content (AvgIpc) is 3.09. The highest BCUT2D eigenvalue weighted by atomic mass is 16.5. The second-order valence-corrected chi connectivity index (χ2v) is 5.72. The van der Waals surface area contributed by atoms with Crippen LogP contribution in [0.15, 0.2) is 27.8 Å². The maximum Gasteiger partial charge on any atom is 0.292 e. The summed E-state index contributed by atoms with van der Waals surface area (Å²) in [7, 11) is 0. The molecule has 24 heavy (non-hydrogen) atoms. The summed E-state index contributed by atoms with van der Waals surface area (Å²) in [5, 5.41) is 3.86. The summed E-state index contributed by atoms with van der Waals surface area (Å²) in [5.41, 5.74) is 1.32. The molecule has 1 amide bonds. The third-order valence-corrected chi connectivity index (χ3v) is 4.02. The average molecular weight is 332 g/mol. The van der Waals surface area contributed by atoms with E-state index in [0.29, 0.717) is 38.2 Å². The SMILES string of the molecule is CCc1cc(C(=O)N2CCOC(CCc3cc(=O)[nH]cn3)C2)on1. The Morgan fingerprint density at radius 1 is 1.42 bits per heavy atom. The van der Waals surface area contributed by atoms with Crippen molar-refractivity contribution in [3.05, 3.63) is 46.0 Å². The largest absolute Gasteiger partial charge is 0.375 e. The van der Waals surface area contributed by atoms with Crippen molar-refractivity contribution in [2.24, 2.45) is 0 Å². The molecule has 0 bridgehead atoms. The molecule has 2 aromatic heterocycles. The zero-order chi connectivity index (χ0) is 16.9. The summed E-state index contributed by atoms with van der Waals surface area (Å²) in [6.45, 7) is 3.46. The van der Waals surface area contributed by atoms with Crippen LogP contribution >= 0.6 is 0 Å². The lowest BCUT2D eigenvalue weighted by molar-refractivity contribution is -0.0258. The molecule has 8 nitrogen and oxygen atoms in total. The second-order valence-electron chi connectivity index (χ2n) is 5.72. The van der Waals surface area contributed by atoms with Crippen molar-refractivity contribution in [2.75, 3.05) is 19.7 Å². The van der Waals surface area contributed by atoms with Crippen molar-refractivity contribution in [3.8, 4) is 0 Å². The first-order valence-electron chi connectivity index (χ1n) is 8.05. The maximum absolute atomic E-state index is 12.5. The van der Waals surface area contributed by atoms with Gasteiger partial charge in [-0.15, -0.1) is 0 Å². The minimum Gasteiger partial charge on any atom is -0.375 e. The molecule has 0 aromatic carbocycles. The normalized spacial score (nSPS) is 17.9. The minimum absolute atomic E-state index is 0.0858. The van der Waals surface area contributed by atoms with Gasteiger partial charge in [0.2, 0.25) is 5.76 Å². The lowest BCUT2D eigenvalue weighted by Gasteiger charge is -2.32. The maximum atomic E-state index is 12.5. The van der Waals surface area contributed by atoms with Gasteiger partial charge in [0.25, 0.3) is 11.5 Å². The van der Waals surface area contributed by atoms with Gasteiger partial charge in [0, 0.05) is 30.9 Å². The first kappa shape index (κ1) is 16.4. The first-order chi connectivity index (χ1) is 11.7. The Hall–Kier alpha value is -2.48. The van der Waals surface area contributed by atoms with Crippen LogP contribution in [-0.4, -0.2) is 51.7 Å². The van der Waals surface area contributed by atoms with Crippen LogP contribution in [0.4, 0.5) is 0 Å². The van der Waals surface area contributed by atoms with Crippen LogP contribution in [0.5, 0.6) is 0 Å². The van der Waals surface area contributed by atoms with Crippen LogP contribution < -0.4 is 5.56 Å². The first-order valence-corrected chi connectivity index (χ1v) is 8.05. The number of rotatable bonds is 5. The van der Waals surface area contributed by atoms with Gasteiger partial charge in [-0.25, -0.2) is 4.98 Å². The molecular formula is C16H20N4O4. The molecule has 128 valence electrons. The second kappa shape index (κ2) is 7.39. The van der Waals surface area contributed by atoms with Crippen molar-refractivity contribution < 1.29 is 14.1 Å². The molecule has 3 heterocycles. The van der Waals surface area contributed by atoms with Gasteiger partial charge in [0.15, 0.2) is 0 Å². The summed E-state index contributed by atoms with van der Waals surface area (Å²) in [4.78, 5) is 32.1. The van der Waals surface area contributed by atoms with E-state index in [1.54, 1.807) is 11.0 Å². The van der Waals surface area contributed by atoms with Crippen LogP contribution in [0.3, 0.4) is 0 Å². The number of aromatic amines is 1. The number of H-pyrrole nitrogens is 1. The fourth-order valence-corrected chi connectivity index (χ4v) is 2.67. The molecule has 2 aromatic rings. The Labute approximate surface area is 138 Å². The van der Waals surface area contributed by atoms with Crippen LogP contribution in [0.25, 0.3) is 0 Å². The molecule has 1 unspecified atom stereocenters. The molecule has 1 saturated heterocycles. The number of hydrogen-bond donors (Lipinski definition) is 1. The van der Waals surface area contributed by atoms with Gasteiger partial charge in [-0.2, -0.15) is 0 Å². The Kier molecular flexibility index (Phi) is 5.05. The smallest absolute Gasteiger partial charge is 0.292 e. The van der Waals surface area contributed by atoms with E-state index in [2.05, 4.69) is 15.1 Å². The molecule has 8 heteroatoms. The number of nitrogens with one attached hydrogen (secondary N) is 1. The number of aromatic nitrogens is 3.